The molecule has 0 aliphatic carbocycles. The molecule has 0 radical (unpaired) electrons. The zero-order chi connectivity index (χ0) is 14.9. The second-order valence-corrected chi connectivity index (χ2v) is 7.00. The second-order valence-electron chi connectivity index (χ2n) is 6.29. The van der Waals surface area contributed by atoms with Gasteiger partial charge in [0.1, 0.15) is 11.4 Å². The number of likely N-dealkylation sites (tertiary alicyclic amines) is 1. The third-order valence-electron chi connectivity index (χ3n) is 3.38. The molecule has 112 valence electrons. The van der Waals surface area contributed by atoms with E-state index in [9.17, 15) is 4.79 Å². The number of halogens is 1. The van der Waals surface area contributed by atoms with Gasteiger partial charge in [-0.05, 0) is 49.0 Å². The van der Waals surface area contributed by atoms with E-state index < -0.39 is 5.60 Å². The lowest BCUT2D eigenvalue weighted by Gasteiger charge is -2.36. The minimum absolute atomic E-state index is 0.235. The molecule has 2 rings (SSSR count). The van der Waals surface area contributed by atoms with Crippen LogP contribution in [0.3, 0.4) is 0 Å². The molecule has 6 nitrogen and oxygen atoms in total. The number of ether oxygens (including phenoxy) is 1. The molecule has 1 aromatic heterocycles. The summed E-state index contributed by atoms with van der Waals surface area (Å²) >= 11 is 3.25. The number of nitrogens with zero attached hydrogens (tertiary/aromatic N) is 3. The Morgan fingerprint density at radius 2 is 2.20 bits per heavy atom. The molecule has 1 saturated heterocycles. The third-order valence-corrected chi connectivity index (χ3v) is 3.74. The van der Waals surface area contributed by atoms with Gasteiger partial charge in [-0.2, -0.15) is 0 Å². The number of amides is 1. The molecular weight excluding hydrogens is 324 g/mol. The van der Waals surface area contributed by atoms with Crippen molar-refractivity contribution in [2.24, 2.45) is 5.92 Å². The van der Waals surface area contributed by atoms with Crippen molar-refractivity contribution in [2.45, 2.75) is 45.6 Å². The number of piperidine rings is 1. The zero-order valence-corrected chi connectivity index (χ0v) is 13.9. The van der Waals surface area contributed by atoms with Crippen molar-refractivity contribution < 1.29 is 9.53 Å². The third kappa shape index (κ3) is 3.71. The van der Waals surface area contributed by atoms with Gasteiger partial charge in [-0.1, -0.05) is 6.92 Å². The smallest absolute Gasteiger partial charge is 0.410 e. The molecule has 0 spiro atoms. The van der Waals surface area contributed by atoms with E-state index in [0.29, 0.717) is 29.7 Å². The number of aromatic amines is 1. The molecule has 0 saturated carbocycles. The summed E-state index contributed by atoms with van der Waals surface area (Å²) in [5.74, 6) is 1.50. The first-order valence-electron chi connectivity index (χ1n) is 6.82. The largest absolute Gasteiger partial charge is 0.444 e. The lowest BCUT2D eigenvalue weighted by Crippen LogP contribution is -2.44. The Labute approximate surface area is 127 Å². The maximum atomic E-state index is 12.1. The molecule has 2 atom stereocenters. The van der Waals surface area contributed by atoms with Gasteiger partial charge in [0, 0.05) is 19.0 Å². The summed E-state index contributed by atoms with van der Waals surface area (Å²) < 4.78 is 5.99. The predicted octanol–water partition coefficient (Wildman–Crippen LogP) is 2.93. The number of nitrogens with one attached hydrogen (secondary N) is 1. The topological polar surface area (TPSA) is 71.1 Å². The molecule has 0 bridgehead atoms. The lowest BCUT2D eigenvalue weighted by molar-refractivity contribution is 0.0152. The minimum atomic E-state index is -0.451. The van der Waals surface area contributed by atoms with Crippen LogP contribution in [0.4, 0.5) is 4.79 Å². The van der Waals surface area contributed by atoms with Crippen molar-refractivity contribution in [3.8, 4) is 0 Å². The van der Waals surface area contributed by atoms with Gasteiger partial charge in [-0.3, -0.25) is 5.10 Å². The number of carbonyl (C=O) groups is 1. The van der Waals surface area contributed by atoms with E-state index in [1.54, 1.807) is 4.90 Å². The van der Waals surface area contributed by atoms with E-state index in [1.807, 2.05) is 20.8 Å². The highest BCUT2D eigenvalue weighted by atomic mass is 79.9. The zero-order valence-electron chi connectivity index (χ0n) is 12.3. The highest BCUT2D eigenvalue weighted by Gasteiger charge is 2.33. The molecule has 7 heteroatoms. The maximum absolute atomic E-state index is 12.1. The van der Waals surface area contributed by atoms with Crippen LogP contribution >= 0.6 is 15.9 Å². The molecule has 2 heterocycles. The average molecular weight is 345 g/mol. The Morgan fingerprint density at radius 1 is 1.50 bits per heavy atom. The first-order valence-corrected chi connectivity index (χ1v) is 7.61. The fourth-order valence-corrected chi connectivity index (χ4v) is 2.74. The molecular formula is C13H21BrN4O2. The summed E-state index contributed by atoms with van der Waals surface area (Å²) in [5, 5.41) is 6.95. The molecule has 1 aliphatic heterocycles. The van der Waals surface area contributed by atoms with E-state index in [-0.39, 0.29) is 6.09 Å². The number of H-pyrrole nitrogens is 1. The van der Waals surface area contributed by atoms with Crippen LogP contribution in [-0.2, 0) is 4.74 Å². The number of carbonyl (C=O) groups excluding carboxylic acids is 1. The van der Waals surface area contributed by atoms with Crippen LogP contribution in [0.15, 0.2) is 4.73 Å². The van der Waals surface area contributed by atoms with Gasteiger partial charge in [-0.15, -0.1) is 5.10 Å². The van der Waals surface area contributed by atoms with Crippen LogP contribution in [0.2, 0.25) is 0 Å². The predicted molar refractivity (Wildman–Crippen MR) is 78.4 cm³/mol. The van der Waals surface area contributed by atoms with E-state index in [4.69, 9.17) is 4.74 Å². The van der Waals surface area contributed by atoms with E-state index in [1.165, 1.54) is 0 Å². The molecule has 2 unspecified atom stereocenters. The standard InChI is InChI=1S/C13H21BrN4O2/c1-8-7-18(12(19)20-13(2,3)4)6-5-9(8)10-15-11(14)17-16-10/h8-9H,5-7H2,1-4H3,(H,15,16,17). The van der Waals surface area contributed by atoms with Crippen LogP contribution in [0, 0.1) is 5.92 Å². The molecule has 1 N–H and O–H groups in total. The highest BCUT2D eigenvalue weighted by Crippen LogP contribution is 2.31. The van der Waals surface area contributed by atoms with Crippen molar-refractivity contribution in [3.05, 3.63) is 10.6 Å². The van der Waals surface area contributed by atoms with Gasteiger partial charge in [0.15, 0.2) is 0 Å². The molecule has 20 heavy (non-hydrogen) atoms. The van der Waals surface area contributed by atoms with Gasteiger partial charge < -0.3 is 9.64 Å². The number of aromatic nitrogens is 3. The number of rotatable bonds is 1. The maximum Gasteiger partial charge on any atom is 0.410 e. The number of hydrogen-bond acceptors (Lipinski definition) is 4. The average Bonchev–Trinajstić information content (AvgIpc) is 2.73. The summed E-state index contributed by atoms with van der Waals surface area (Å²) in [6.07, 6.45) is 0.628. The lowest BCUT2D eigenvalue weighted by atomic mass is 9.86. The summed E-state index contributed by atoms with van der Waals surface area (Å²) in [6.45, 7) is 9.13. The van der Waals surface area contributed by atoms with Crippen LogP contribution in [-0.4, -0.2) is 44.9 Å². The Balaban J connectivity index is 1.97. The Hall–Kier alpha value is -1.11. The first kappa shape index (κ1) is 15.3. The van der Waals surface area contributed by atoms with Gasteiger partial charge in [0.25, 0.3) is 0 Å². The van der Waals surface area contributed by atoms with Gasteiger partial charge in [0.2, 0.25) is 4.73 Å². The molecule has 1 fully saturated rings. The van der Waals surface area contributed by atoms with Gasteiger partial charge >= 0.3 is 6.09 Å². The molecule has 0 aromatic carbocycles. The summed E-state index contributed by atoms with van der Waals surface area (Å²) in [7, 11) is 0. The number of hydrogen-bond donors (Lipinski definition) is 1. The van der Waals surface area contributed by atoms with E-state index in [2.05, 4.69) is 38.0 Å². The normalized spacial score (nSPS) is 23.8. The molecule has 1 aliphatic rings. The minimum Gasteiger partial charge on any atom is -0.444 e. The molecule has 1 amide bonds. The second kappa shape index (κ2) is 5.71. The van der Waals surface area contributed by atoms with Crippen molar-refractivity contribution >= 4 is 22.0 Å². The van der Waals surface area contributed by atoms with Crippen molar-refractivity contribution in [1.29, 1.82) is 0 Å². The highest BCUT2D eigenvalue weighted by molar-refractivity contribution is 9.10. The van der Waals surface area contributed by atoms with Crippen LogP contribution in [0.25, 0.3) is 0 Å². The summed E-state index contributed by atoms with van der Waals surface area (Å²) in [5.41, 5.74) is -0.451. The van der Waals surface area contributed by atoms with Crippen molar-refractivity contribution in [3.63, 3.8) is 0 Å². The SMILES string of the molecule is CC1CN(C(=O)OC(C)(C)C)CCC1c1nc(Br)n[nH]1. The summed E-state index contributed by atoms with van der Waals surface area (Å²) in [6, 6.07) is 0. The monoisotopic (exact) mass is 344 g/mol. The fraction of sp³-hybridized carbons (Fsp3) is 0.769. The summed E-state index contributed by atoms with van der Waals surface area (Å²) in [4.78, 5) is 18.2. The Kier molecular flexibility index (Phi) is 4.36. The molecule has 1 aromatic rings. The van der Waals surface area contributed by atoms with Crippen LogP contribution in [0.1, 0.15) is 45.9 Å². The van der Waals surface area contributed by atoms with Crippen LogP contribution in [0.5, 0.6) is 0 Å². The van der Waals surface area contributed by atoms with Crippen molar-refractivity contribution in [2.75, 3.05) is 13.1 Å². The first-order chi connectivity index (χ1) is 9.26. The van der Waals surface area contributed by atoms with Crippen LogP contribution < -0.4 is 0 Å². The quantitative estimate of drug-likeness (QED) is 0.850. The fourth-order valence-electron chi connectivity index (χ4n) is 2.46. The van der Waals surface area contributed by atoms with Gasteiger partial charge in [0.05, 0.1) is 0 Å². The Morgan fingerprint density at radius 3 is 2.70 bits per heavy atom. The van der Waals surface area contributed by atoms with Crippen molar-refractivity contribution in [1.82, 2.24) is 20.1 Å². The van der Waals surface area contributed by atoms with Gasteiger partial charge in [-0.25, -0.2) is 9.78 Å². The van der Waals surface area contributed by atoms with E-state index >= 15 is 0 Å². The Bertz CT molecular complexity index is 483. The van der Waals surface area contributed by atoms with E-state index in [0.717, 1.165) is 12.2 Å².